The van der Waals surface area contributed by atoms with E-state index in [0.717, 1.165) is 12.6 Å². The van der Waals surface area contributed by atoms with Gasteiger partial charge in [0.1, 0.15) is 6.61 Å². The first-order valence-corrected chi connectivity index (χ1v) is 6.82. The molecule has 5 heteroatoms. The third-order valence-electron chi connectivity index (χ3n) is 3.08. The lowest BCUT2D eigenvalue weighted by atomic mass is 10.4. The molecule has 0 spiro atoms. The summed E-state index contributed by atoms with van der Waals surface area (Å²) < 4.78 is 11.2. The molecule has 2 N–H and O–H groups in total. The summed E-state index contributed by atoms with van der Waals surface area (Å²) in [6, 6.07) is 4.30. The number of hydrogen-bond donors (Lipinski definition) is 1. The highest BCUT2D eigenvalue weighted by Crippen LogP contribution is 2.25. The Morgan fingerprint density at radius 2 is 2.16 bits per heavy atom. The number of nitrogen functional groups attached to an aromatic ring is 1. The van der Waals surface area contributed by atoms with E-state index in [2.05, 4.69) is 16.9 Å². The van der Waals surface area contributed by atoms with Crippen LogP contribution < -0.4 is 15.2 Å². The Kier molecular flexibility index (Phi) is 4.47. The number of anilines is 1. The molecule has 1 heterocycles. The monoisotopic (exact) mass is 265 g/mol. The molecule has 19 heavy (non-hydrogen) atoms. The Morgan fingerprint density at radius 1 is 1.42 bits per heavy atom. The van der Waals surface area contributed by atoms with Crippen LogP contribution in [-0.2, 0) is 0 Å². The van der Waals surface area contributed by atoms with E-state index >= 15 is 0 Å². The van der Waals surface area contributed by atoms with Crippen molar-refractivity contribution in [2.75, 3.05) is 25.9 Å². The molecule has 1 aliphatic rings. The molecule has 0 amide bonds. The van der Waals surface area contributed by atoms with Crippen molar-refractivity contribution in [3.05, 3.63) is 12.1 Å². The number of rotatable bonds is 7. The van der Waals surface area contributed by atoms with E-state index in [-0.39, 0.29) is 6.10 Å². The van der Waals surface area contributed by atoms with Crippen LogP contribution in [0.5, 0.6) is 11.8 Å². The Labute approximate surface area is 114 Å². The van der Waals surface area contributed by atoms with Gasteiger partial charge in [0.15, 0.2) is 0 Å². The van der Waals surface area contributed by atoms with E-state index in [4.69, 9.17) is 15.2 Å². The van der Waals surface area contributed by atoms with Gasteiger partial charge in [-0.1, -0.05) is 0 Å². The minimum Gasteiger partial charge on any atom is -0.476 e. The average molecular weight is 265 g/mol. The molecule has 5 nitrogen and oxygen atoms in total. The van der Waals surface area contributed by atoms with Crippen molar-refractivity contribution in [1.29, 1.82) is 0 Å². The normalized spacial score (nSPS) is 15.0. The summed E-state index contributed by atoms with van der Waals surface area (Å²) >= 11 is 0. The van der Waals surface area contributed by atoms with E-state index in [0.29, 0.717) is 24.1 Å². The van der Waals surface area contributed by atoms with Gasteiger partial charge in [0, 0.05) is 18.7 Å². The first-order valence-electron chi connectivity index (χ1n) is 6.82. The molecular weight excluding hydrogens is 242 g/mol. The molecule has 1 aromatic rings. The lowest BCUT2D eigenvalue weighted by Crippen LogP contribution is -2.26. The van der Waals surface area contributed by atoms with E-state index in [1.807, 2.05) is 13.8 Å². The van der Waals surface area contributed by atoms with E-state index in [1.54, 1.807) is 12.1 Å². The summed E-state index contributed by atoms with van der Waals surface area (Å²) in [5.41, 5.74) is 6.35. The zero-order chi connectivity index (χ0) is 13.8. The van der Waals surface area contributed by atoms with Gasteiger partial charge >= 0.3 is 0 Å². The smallest absolute Gasteiger partial charge is 0.240 e. The molecule has 2 rings (SSSR count). The molecule has 1 aliphatic carbocycles. The predicted octanol–water partition coefficient (Wildman–Crippen LogP) is 1.92. The third-order valence-corrected chi connectivity index (χ3v) is 3.08. The molecule has 1 aromatic heterocycles. The molecule has 0 bridgehead atoms. The van der Waals surface area contributed by atoms with Gasteiger partial charge < -0.3 is 20.1 Å². The zero-order valence-corrected chi connectivity index (χ0v) is 11.9. The summed E-state index contributed by atoms with van der Waals surface area (Å²) in [6.07, 6.45) is 2.66. The topological polar surface area (TPSA) is 60.6 Å². The van der Waals surface area contributed by atoms with Crippen molar-refractivity contribution in [1.82, 2.24) is 9.88 Å². The molecular formula is C14H23N3O2. The van der Waals surface area contributed by atoms with Crippen molar-refractivity contribution in [2.45, 2.75) is 38.8 Å². The second-order valence-electron chi connectivity index (χ2n) is 5.27. The van der Waals surface area contributed by atoms with Crippen LogP contribution in [0.25, 0.3) is 0 Å². The van der Waals surface area contributed by atoms with E-state index < -0.39 is 0 Å². The van der Waals surface area contributed by atoms with Crippen LogP contribution in [0.4, 0.5) is 5.69 Å². The van der Waals surface area contributed by atoms with Crippen LogP contribution in [0, 0.1) is 0 Å². The SMILES string of the molecule is CC(C)Oc1nc(OCCN(C)C2CC2)ccc1N. The van der Waals surface area contributed by atoms with Crippen molar-refractivity contribution in [3.8, 4) is 11.8 Å². The van der Waals surface area contributed by atoms with Gasteiger partial charge in [0.2, 0.25) is 11.8 Å². The zero-order valence-electron chi connectivity index (χ0n) is 11.9. The molecule has 0 aromatic carbocycles. The highest BCUT2D eigenvalue weighted by Gasteiger charge is 2.25. The standard InChI is InChI=1S/C14H23N3O2/c1-10(2)19-14-12(15)6-7-13(16-14)18-9-8-17(3)11-4-5-11/h6-7,10-11H,4-5,8-9,15H2,1-3H3. The van der Waals surface area contributed by atoms with Gasteiger partial charge in [0.05, 0.1) is 11.8 Å². The Hall–Kier alpha value is -1.49. The molecule has 0 atom stereocenters. The maximum atomic E-state index is 5.81. The van der Waals surface area contributed by atoms with Crippen LogP contribution >= 0.6 is 0 Å². The van der Waals surface area contributed by atoms with E-state index in [9.17, 15) is 0 Å². The molecule has 0 unspecified atom stereocenters. The fourth-order valence-electron chi connectivity index (χ4n) is 1.82. The lowest BCUT2D eigenvalue weighted by Gasteiger charge is -2.16. The summed E-state index contributed by atoms with van der Waals surface area (Å²) in [7, 11) is 2.13. The Morgan fingerprint density at radius 3 is 2.79 bits per heavy atom. The molecule has 1 fully saturated rings. The van der Waals surface area contributed by atoms with Crippen LogP contribution in [0.15, 0.2) is 12.1 Å². The number of hydrogen-bond acceptors (Lipinski definition) is 5. The van der Waals surface area contributed by atoms with Crippen LogP contribution in [-0.4, -0.2) is 42.2 Å². The number of likely N-dealkylation sites (N-methyl/N-ethyl adjacent to an activating group) is 1. The number of nitrogens with zero attached hydrogens (tertiary/aromatic N) is 2. The van der Waals surface area contributed by atoms with Crippen LogP contribution in [0.1, 0.15) is 26.7 Å². The van der Waals surface area contributed by atoms with Crippen LogP contribution in [0.3, 0.4) is 0 Å². The number of pyridine rings is 1. The fraction of sp³-hybridized carbons (Fsp3) is 0.643. The van der Waals surface area contributed by atoms with Gasteiger partial charge in [-0.3, -0.25) is 0 Å². The first kappa shape index (κ1) is 13.9. The number of ether oxygens (including phenoxy) is 2. The maximum Gasteiger partial charge on any atom is 0.240 e. The van der Waals surface area contributed by atoms with Gasteiger partial charge in [-0.2, -0.15) is 4.98 Å². The predicted molar refractivity (Wildman–Crippen MR) is 75.6 cm³/mol. The van der Waals surface area contributed by atoms with Gasteiger partial charge in [-0.15, -0.1) is 0 Å². The largest absolute Gasteiger partial charge is 0.476 e. The second kappa shape index (κ2) is 6.10. The minimum atomic E-state index is 0.0473. The highest BCUT2D eigenvalue weighted by atomic mass is 16.5. The summed E-state index contributed by atoms with van der Waals surface area (Å²) in [6.45, 7) is 5.43. The average Bonchev–Trinajstić information content (AvgIpc) is 3.16. The molecule has 0 aliphatic heterocycles. The van der Waals surface area contributed by atoms with Crippen molar-refractivity contribution >= 4 is 5.69 Å². The highest BCUT2D eigenvalue weighted by molar-refractivity contribution is 5.49. The Balaban J connectivity index is 1.85. The van der Waals surface area contributed by atoms with Crippen molar-refractivity contribution in [3.63, 3.8) is 0 Å². The van der Waals surface area contributed by atoms with Crippen molar-refractivity contribution in [2.24, 2.45) is 0 Å². The summed E-state index contributed by atoms with van der Waals surface area (Å²) in [4.78, 5) is 6.60. The number of aromatic nitrogens is 1. The molecule has 1 saturated carbocycles. The van der Waals surface area contributed by atoms with Gasteiger partial charge in [-0.25, -0.2) is 0 Å². The molecule has 0 radical (unpaired) electrons. The van der Waals surface area contributed by atoms with Crippen LogP contribution in [0.2, 0.25) is 0 Å². The Bertz CT molecular complexity index is 419. The number of nitrogens with two attached hydrogens (primary N) is 1. The summed E-state index contributed by atoms with van der Waals surface area (Å²) in [5.74, 6) is 1.01. The lowest BCUT2D eigenvalue weighted by molar-refractivity contribution is 0.213. The maximum absolute atomic E-state index is 5.81. The summed E-state index contributed by atoms with van der Waals surface area (Å²) in [5, 5.41) is 0. The van der Waals surface area contributed by atoms with Crippen molar-refractivity contribution < 1.29 is 9.47 Å². The molecule has 0 saturated heterocycles. The minimum absolute atomic E-state index is 0.0473. The van der Waals surface area contributed by atoms with Gasteiger partial charge in [0.25, 0.3) is 0 Å². The third kappa shape index (κ3) is 4.28. The van der Waals surface area contributed by atoms with Gasteiger partial charge in [-0.05, 0) is 39.8 Å². The molecule has 106 valence electrons. The second-order valence-corrected chi connectivity index (χ2v) is 5.27. The first-order chi connectivity index (χ1) is 9.06. The van der Waals surface area contributed by atoms with E-state index in [1.165, 1.54) is 12.8 Å². The fourth-order valence-corrected chi connectivity index (χ4v) is 1.82. The quantitative estimate of drug-likeness (QED) is 0.816.